The Morgan fingerprint density at radius 2 is 2.38 bits per heavy atom. The molecule has 0 amide bonds. The molecular weight excluding hydrogens is 178 g/mol. The number of allylic oxidation sites excluding steroid dienone is 4. The van der Waals surface area contributed by atoms with E-state index in [0.29, 0.717) is 6.04 Å². The highest BCUT2D eigenvalue weighted by molar-refractivity contribution is 8.03. The number of fused-ring (bicyclic) bond motifs is 1. The molecule has 1 nitrogen and oxygen atoms in total. The van der Waals surface area contributed by atoms with Gasteiger partial charge in [0.2, 0.25) is 0 Å². The van der Waals surface area contributed by atoms with Gasteiger partial charge in [0.25, 0.3) is 0 Å². The molecule has 1 atom stereocenters. The van der Waals surface area contributed by atoms with Crippen LogP contribution in [0.15, 0.2) is 34.9 Å². The molecular formula is C11H15NS. The van der Waals surface area contributed by atoms with Gasteiger partial charge in [-0.25, -0.2) is 0 Å². The SMILES string of the molecule is CC1CSC2=CCC=CC=C2N1C. The molecule has 0 bridgehead atoms. The Hall–Kier alpha value is -0.630. The number of rotatable bonds is 0. The third-order valence-corrected chi connectivity index (χ3v) is 3.94. The van der Waals surface area contributed by atoms with E-state index in [1.807, 2.05) is 11.8 Å². The first-order valence-electron chi connectivity index (χ1n) is 4.72. The second kappa shape index (κ2) is 3.62. The number of likely N-dealkylation sites (N-methyl/N-ethyl adjacent to an activating group) is 1. The molecule has 1 saturated heterocycles. The van der Waals surface area contributed by atoms with Gasteiger partial charge in [0.1, 0.15) is 0 Å². The van der Waals surface area contributed by atoms with Crippen molar-refractivity contribution in [2.75, 3.05) is 12.8 Å². The lowest BCUT2D eigenvalue weighted by atomic mass is 10.2. The highest BCUT2D eigenvalue weighted by atomic mass is 32.2. The van der Waals surface area contributed by atoms with Crippen molar-refractivity contribution in [2.45, 2.75) is 19.4 Å². The Balaban J connectivity index is 2.31. The van der Waals surface area contributed by atoms with Crippen LogP contribution in [0.1, 0.15) is 13.3 Å². The van der Waals surface area contributed by atoms with Crippen molar-refractivity contribution in [3.63, 3.8) is 0 Å². The van der Waals surface area contributed by atoms with Gasteiger partial charge in [-0.1, -0.05) is 18.2 Å². The van der Waals surface area contributed by atoms with Crippen molar-refractivity contribution in [1.29, 1.82) is 0 Å². The van der Waals surface area contributed by atoms with Crippen molar-refractivity contribution >= 4 is 11.8 Å². The molecule has 0 saturated carbocycles. The molecule has 1 fully saturated rings. The van der Waals surface area contributed by atoms with E-state index < -0.39 is 0 Å². The van der Waals surface area contributed by atoms with Crippen LogP contribution in [-0.2, 0) is 0 Å². The van der Waals surface area contributed by atoms with Crippen molar-refractivity contribution in [2.24, 2.45) is 0 Å². The van der Waals surface area contributed by atoms with Crippen LogP contribution in [0, 0.1) is 0 Å². The summed E-state index contributed by atoms with van der Waals surface area (Å²) in [6, 6.07) is 0.653. The third kappa shape index (κ3) is 1.68. The Labute approximate surface area is 84.2 Å². The van der Waals surface area contributed by atoms with E-state index in [9.17, 15) is 0 Å². The summed E-state index contributed by atoms with van der Waals surface area (Å²) in [6.45, 7) is 2.28. The Morgan fingerprint density at radius 3 is 3.23 bits per heavy atom. The fourth-order valence-corrected chi connectivity index (χ4v) is 2.80. The quantitative estimate of drug-likeness (QED) is 0.582. The summed E-state index contributed by atoms with van der Waals surface area (Å²) < 4.78 is 0. The Morgan fingerprint density at radius 1 is 1.54 bits per heavy atom. The molecule has 13 heavy (non-hydrogen) atoms. The molecule has 70 valence electrons. The zero-order chi connectivity index (χ0) is 9.26. The Kier molecular flexibility index (Phi) is 2.49. The van der Waals surface area contributed by atoms with Crippen LogP contribution < -0.4 is 0 Å². The number of hydrogen-bond acceptors (Lipinski definition) is 2. The van der Waals surface area contributed by atoms with Gasteiger partial charge < -0.3 is 4.90 Å². The summed E-state index contributed by atoms with van der Waals surface area (Å²) in [5, 5.41) is 0. The van der Waals surface area contributed by atoms with E-state index in [1.54, 1.807) is 0 Å². The molecule has 0 aromatic heterocycles. The molecule has 0 N–H and O–H groups in total. The monoisotopic (exact) mass is 193 g/mol. The largest absolute Gasteiger partial charge is 0.370 e. The van der Waals surface area contributed by atoms with Gasteiger partial charge in [0.15, 0.2) is 0 Å². The van der Waals surface area contributed by atoms with E-state index >= 15 is 0 Å². The normalized spacial score (nSPS) is 27.5. The molecule has 0 radical (unpaired) electrons. The number of thioether (sulfide) groups is 1. The topological polar surface area (TPSA) is 3.24 Å². The van der Waals surface area contributed by atoms with Gasteiger partial charge in [0, 0.05) is 23.7 Å². The van der Waals surface area contributed by atoms with Crippen LogP contribution in [0.3, 0.4) is 0 Å². The van der Waals surface area contributed by atoms with Crippen molar-refractivity contribution in [3.05, 3.63) is 34.9 Å². The highest BCUT2D eigenvalue weighted by Crippen LogP contribution is 2.35. The maximum Gasteiger partial charge on any atom is 0.0501 e. The van der Waals surface area contributed by atoms with Crippen LogP contribution in [0.4, 0.5) is 0 Å². The van der Waals surface area contributed by atoms with E-state index in [2.05, 4.69) is 43.2 Å². The molecule has 2 heteroatoms. The summed E-state index contributed by atoms with van der Waals surface area (Å²) in [7, 11) is 2.18. The molecule has 1 heterocycles. The summed E-state index contributed by atoms with van der Waals surface area (Å²) in [6.07, 6.45) is 9.99. The molecule has 1 aliphatic carbocycles. The maximum absolute atomic E-state index is 2.37. The first kappa shape index (κ1) is 8.95. The molecule has 0 aromatic carbocycles. The third-order valence-electron chi connectivity index (χ3n) is 2.60. The molecule has 0 aromatic rings. The van der Waals surface area contributed by atoms with Crippen molar-refractivity contribution < 1.29 is 0 Å². The van der Waals surface area contributed by atoms with Gasteiger partial charge in [-0.05, 0) is 19.4 Å². The summed E-state index contributed by atoms with van der Waals surface area (Å²) in [5.74, 6) is 1.21. The highest BCUT2D eigenvalue weighted by Gasteiger charge is 2.22. The molecule has 1 unspecified atom stereocenters. The minimum absolute atomic E-state index is 0.653. The fraction of sp³-hybridized carbons (Fsp3) is 0.455. The summed E-state index contributed by atoms with van der Waals surface area (Å²) in [4.78, 5) is 3.82. The fourth-order valence-electron chi connectivity index (χ4n) is 1.58. The lowest BCUT2D eigenvalue weighted by Gasteiger charge is -2.35. The van der Waals surface area contributed by atoms with Gasteiger partial charge in [0.05, 0.1) is 5.70 Å². The van der Waals surface area contributed by atoms with E-state index in [1.165, 1.54) is 16.4 Å². The average Bonchev–Trinajstić information content (AvgIpc) is 2.36. The van der Waals surface area contributed by atoms with Crippen molar-refractivity contribution in [3.8, 4) is 0 Å². The van der Waals surface area contributed by atoms with E-state index in [4.69, 9.17) is 0 Å². The summed E-state index contributed by atoms with van der Waals surface area (Å²) in [5.41, 5.74) is 1.39. The molecule has 2 rings (SSSR count). The number of nitrogens with zero attached hydrogens (tertiary/aromatic N) is 1. The van der Waals surface area contributed by atoms with Crippen LogP contribution in [0.5, 0.6) is 0 Å². The summed E-state index contributed by atoms with van der Waals surface area (Å²) >= 11 is 1.98. The molecule has 1 aliphatic heterocycles. The van der Waals surface area contributed by atoms with Crippen LogP contribution in [0.25, 0.3) is 0 Å². The van der Waals surface area contributed by atoms with Crippen LogP contribution in [0.2, 0.25) is 0 Å². The predicted octanol–water partition coefficient (Wildman–Crippen LogP) is 2.78. The zero-order valence-electron chi connectivity index (χ0n) is 8.16. The smallest absolute Gasteiger partial charge is 0.0501 e. The zero-order valence-corrected chi connectivity index (χ0v) is 8.97. The average molecular weight is 193 g/mol. The van der Waals surface area contributed by atoms with Crippen LogP contribution in [-0.4, -0.2) is 23.7 Å². The van der Waals surface area contributed by atoms with Crippen molar-refractivity contribution in [1.82, 2.24) is 4.90 Å². The maximum atomic E-state index is 2.37. The van der Waals surface area contributed by atoms with Gasteiger partial charge >= 0.3 is 0 Å². The Bertz CT molecular complexity index is 288. The first-order valence-corrected chi connectivity index (χ1v) is 5.70. The first-order chi connectivity index (χ1) is 6.29. The second-order valence-electron chi connectivity index (χ2n) is 3.56. The standard InChI is InChI=1S/C11H15NS/c1-9-8-13-11-7-5-3-4-6-10(11)12(9)2/h3-4,6-7,9H,5,8H2,1-2H3. The molecule has 0 spiro atoms. The minimum Gasteiger partial charge on any atom is -0.370 e. The molecule has 2 aliphatic rings. The predicted molar refractivity (Wildman–Crippen MR) is 59.6 cm³/mol. The van der Waals surface area contributed by atoms with E-state index in [-0.39, 0.29) is 0 Å². The van der Waals surface area contributed by atoms with Crippen LogP contribution >= 0.6 is 11.8 Å². The lowest BCUT2D eigenvalue weighted by Crippen LogP contribution is -2.34. The minimum atomic E-state index is 0.653. The van der Waals surface area contributed by atoms with Gasteiger partial charge in [-0.2, -0.15) is 0 Å². The van der Waals surface area contributed by atoms with Gasteiger partial charge in [-0.3, -0.25) is 0 Å². The lowest BCUT2D eigenvalue weighted by molar-refractivity contribution is 0.353. The van der Waals surface area contributed by atoms with E-state index in [0.717, 1.165) is 6.42 Å². The second-order valence-corrected chi connectivity index (χ2v) is 4.62. The number of hydrogen-bond donors (Lipinski definition) is 0. The van der Waals surface area contributed by atoms with Gasteiger partial charge in [-0.15, -0.1) is 11.8 Å².